The smallest absolute Gasteiger partial charge is 0.231 e. The van der Waals surface area contributed by atoms with Gasteiger partial charge < -0.3 is 25.0 Å². The molecule has 0 fully saturated rings. The Morgan fingerprint density at radius 3 is 2.62 bits per heavy atom. The Balaban J connectivity index is 1.74. The third-order valence-corrected chi connectivity index (χ3v) is 4.27. The van der Waals surface area contributed by atoms with E-state index in [2.05, 4.69) is 5.32 Å². The monoisotopic (exact) mass is 345 g/mol. The summed E-state index contributed by atoms with van der Waals surface area (Å²) in [5.74, 6) is 1.61. The van der Waals surface area contributed by atoms with E-state index in [1.165, 1.54) is 6.07 Å². The summed E-state index contributed by atoms with van der Waals surface area (Å²) >= 11 is 5.39. The van der Waals surface area contributed by atoms with Crippen molar-refractivity contribution in [1.82, 2.24) is 5.32 Å². The first-order valence-electron chi connectivity index (χ1n) is 7.68. The minimum absolute atomic E-state index is 0.0416. The molecule has 0 radical (unpaired) electrons. The second-order valence-electron chi connectivity index (χ2n) is 5.95. The lowest BCUT2D eigenvalue weighted by molar-refractivity contribution is 0.174. The van der Waals surface area contributed by atoms with Gasteiger partial charge in [0.2, 0.25) is 6.79 Å². The Morgan fingerprint density at radius 2 is 1.88 bits per heavy atom. The molecule has 0 aliphatic carbocycles. The van der Waals surface area contributed by atoms with Crippen LogP contribution in [0.15, 0.2) is 30.3 Å². The highest BCUT2D eigenvalue weighted by Gasteiger charge is 2.16. The summed E-state index contributed by atoms with van der Waals surface area (Å²) in [4.78, 5) is 0.423. The number of hydrogen-bond donors (Lipinski definition) is 3. The molecule has 3 rings (SSSR count). The lowest BCUT2D eigenvalue weighted by Crippen LogP contribution is -2.22. The molecule has 0 unspecified atom stereocenters. The number of phenols is 2. The third kappa shape index (κ3) is 3.23. The molecule has 6 heteroatoms. The fourth-order valence-corrected chi connectivity index (χ4v) is 2.80. The number of nitrogens with one attached hydrogen (secondary N) is 1. The molecule has 0 saturated carbocycles. The lowest BCUT2D eigenvalue weighted by atomic mass is 9.99. The molecule has 3 N–H and O–H groups in total. The van der Waals surface area contributed by atoms with Crippen LogP contribution in [0.4, 0.5) is 0 Å². The maximum Gasteiger partial charge on any atom is 0.231 e. The van der Waals surface area contributed by atoms with Gasteiger partial charge in [0.05, 0.1) is 5.56 Å². The topological polar surface area (TPSA) is 71.0 Å². The van der Waals surface area contributed by atoms with Gasteiger partial charge in [0.15, 0.2) is 11.5 Å². The zero-order chi connectivity index (χ0) is 17.3. The van der Waals surface area contributed by atoms with Crippen LogP contribution in [-0.4, -0.2) is 22.0 Å². The first-order chi connectivity index (χ1) is 11.5. The van der Waals surface area contributed by atoms with Crippen LogP contribution in [-0.2, 0) is 6.54 Å². The normalized spacial score (nSPS) is 12.5. The SMILES string of the molecule is CC(C)c1cc(C(=S)NCc2ccc3c(c2)OCO3)c(O)cc1O. The average Bonchev–Trinajstić information content (AvgIpc) is 2.99. The van der Waals surface area contributed by atoms with Crippen LogP contribution < -0.4 is 14.8 Å². The summed E-state index contributed by atoms with van der Waals surface area (Å²) < 4.78 is 10.6. The highest BCUT2D eigenvalue weighted by molar-refractivity contribution is 7.80. The van der Waals surface area contributed by atoms with Gasteiger partial charge in [-0.15, -0.1) is 0 Å². The van der Waals surface area contributed by atoms with Crippen molar-refractivity contribution in [3.8, 4) is 23.0 Å². The quantitative estimate of drug-likeness (QED) is 0.738. The van der Waals surface area contributed by atoms with Gasteiger partial charge in [-0.2, -0.15) is 0 Å². The van der Waals surface area contributed by atoms with Crippen molar-refractivity contribution in [2.24, 2.45) is 0 Å². The van der Waals surface area contributed by atoms with E-state index >= 15 is 0 Å². The van der Waals surface area contributed by atoms with Crippen molar-refractivity contribution in [1.29, 1.82) is 0 Å². The van der Waals surface area contributed by atoms with Gasteiger partial charge in [-0.3, -0.25) is 0 Å². The Hall–Kier alpha value is -2.47. The molecule has 0 atom stereocenters. The predicted molar refractivity (Wildman–Crippen MR) is 95.0 cm³/mol. The average molecular weight is 345 g/mol. The van der Waals surface area contributed by atoms with Gasteiger partial charge >= 0.3 is 0 Å². The fourth-order valence-electron chi connectivity index (χ4n) is 2.57. The maximum atomic E-state index is 10.1. The molecule has 2 aromatic carbocycles. The highest BCUT2D eigenvalue weighted by Crippen LogP contribution is 2.33. The Bertz CT molecular complexity index is 789. The van der Waals surface area contributed by atoms with E-state index in [1.807, 2.05) is 32.0 Å². The summed E-state index contributed by atoms with van der Waals surface area (Å²) in [6, 6.07) is 8.74. The van der Waals surface area contributed by atoms with E-state index in [4.69, 9.17) is 21.7 Å². The van der Waals surface area contributed by atoms with Crippen LogP contribution in [0.25, 0.3) is 0 Å². The molecule has 1 aliphatic heterocycles. The minimum atomic E-state index is -0.0416. The molecule has 2 aromatic rings. The first-order valence-corrected chi connectivity index (χ1v) is 8.09. The lowest BCUT2D eigenvalue weighted by Gasteiger charge is -2.14. The number of aromatic hydroxyl groups is 2. The van der Waals surface area contributed by atoms with E-state index in [-0.39, 0.29) is 24.2 Å². The van der Waals surface area contributed by atoms with Gasteiger partial charge in [-0.25, -0.2) is 0 Å². The number of thiocarbonyl (C=S) groups is 1. The van der Waals surface area contributed by atoms with E-state index in [0.29, 0.717) is 17.1 Å². The van der Waals surface area contributed by atoms with Gasteiger partial charge in [-0.05, 0) is 35.2 Å². The summed E-state index contributed by atoms with van der Waals surface area (Å²) in [5, 5.41) is 23.1. The van der Waals surface area contributed by atoms with Crippen molar-refractivity contribution in [3.63, 3.8) is 0 Å². The van der Waals surface area contributed by atoms with E-state index in [9.17, 15) is 10.2 Å². The molecule has 1 heterocycles. The second kappa shape index (κ2) is 6.57. The zero-order valence-electron chi connectivity index (χ0n) is 13.5. The van der Waals surface area contributed by atoms with Gasteiger partial charge in [-0.1, -0.05) is 32.1 Å². The Kier molecular flexibility index (Phi) is 4.49. The van der Waals surface area contributed by atoms with Crippen LogP contribution in [0.1, 0.15) is 36.5 Å². The van der Waals surface area contributed by atoms with Crippen LogP contribution in [0, 0.1) is 0 Å². The van der Waals surface area contributed by atoms with Crippen molar-refractivity contribution >= 4 is 17.2 Å². The molecule has 5 nitrogen and oxygen atoms in total. The molecule has 0 saturated heterocycles. The highest BCUT2D eigenvalue weighted by atomic mass is 32.1. The first kappa shape index (κ1) is 16.4. The predicted octanol–water partition coefficient (Wildman–Crippen LogP) is 3.42. The summed E-state index contributed by atoms with van der Waals surface area (Å²) in [5.41, 5.74) is 2.24. The number of rotatable bonds is 4. The molecule has 126 valence electrons. The molecule has 0 spiro atoms. The molecular weight excluding hydrogens is 326 g/mol. The number of benzene rings is 2. The second-order valence-corrected chi connectivity index (χ2v) is 6.36. The van der Waals surface area contributed by atoms with Crippen LogP contribution in [0.3, 0.4) is 0 Å². The molecule has 0 amide bonds. The fraction of sp³-hybridized carbons (Fsp3) is 0.278. The summed E-state index contributed by atoms with van der Waals surface area (Å²) in [6.45, 7) is 4.68. The van der Waals surface area contributed by atoms with Crippen molar-refractivity contribution < 1.29 is 19.7 Å². The summed E-state index contributed by atoms with van der Waals surface area (Å²) in [7, 11) is 0. The number of fused-ring (bicyclic) bond motifs is 1. The van der Waals surface area contributed by atoms with Gasteiger partial charge in [0.25, 0.3) is 0 Å². The van der Waals surface area contributed by atoms with Crippen LogP contribution in [0.5, 0.6) is 23.0 Å². The molecule has 0 bridgehead atoms. The van der Waals surface area contributed by atoms with Crippen molar-refractivity contribution in [2.45, 2.75) is 26.3 Å². The molecule has 24 heavy (non-hydrogen) atoms. The Morgan fingerprint density at radius 1 is 1.12 bits per heavy atom. The maximum absolute atomic E-state index is 10.1. The van der Waals surface area contributed by atoms with Gasteiger partial charge in [0.1, 0.15) is 16.5 Å². The number of phenolic OH excluding ortho intramolecular Hbond substituents is 2. The molecule has 0 aromatic heterocycles. The van der Waals surface area contributed by atoms with Crippen LogP contribution >= 0.6 is 12.2 Å². The van der Waals surface area contributed by atoms with E-state index < -0.39 is 0 Å². The van der Waals surface area contributed by atoms with Gasteiger partial charge in [0, 0.05) is 12.6 Å². The largest absolute Gasteiger partial charge is 0.508 e. The minimum Gasteiger partial charge on any atom is -0.508 e. The van der Waals surface area contributed by atoms with Crippen molar-refractivity contribution in [2.75, 3.05) is 6.79 Å². The zero-order valence-corrected chi connectivity index (χ0v) is 14.3. The van der Waals surface area contributed by atoms with Crippen molar-refractivity contribution in [3.05, 3.63) is 47.0 Å². The van der Waals surface area contributed by atoms with E-state index in [1.54, 1.807) is 6.07 Å². The number of ether oxygens (including phenoxy) is 2. The summed E-state index contributed by atoms with van der Waals surface area (Å²) in [6.07, 6.45) is 0. The third-order valence-electron chi connectivity index (χ3n) is 3.90. The van der Waals surface area contributed by atoms with E-state index in [0.717, 1.165) is 22.6 Å². The molecule has 1 aliphatic rings. The van der Waals surface area contributed by atoms with Crippen LogP contribution in [0.2, 0.25) is 0 Å². The Labute approximate surface area is 145 Å². The molecular formula is C18H19NO4S. The number of hydrogen-bond acceptors (Lipinski definition) is 5. The standard InChI is InChI=1S/C18H19NO4S/c1-10(2)12-6-13(15(21)7-14(12)20)18(24)19-8-11-3-4-16-17(5-11)23-9-22-16/h3-7,10,20-21H,8-9H2,1-2H3,(H,19,24).